The molecule has 0 fully saturated rings. The lowest BCUT2D eigenvalue weighted by Crippen LogP contribution is -2.22. The number of methoxy groups -OCH3 is 1. The summed E-state index contributed by atoms with van der Waals surface area (Å²) in [7, 11) is 3.17. The van der Waals surface area contributed by atoms with E-state index in [-0.39, 0.29) is 17.6 Å². The van der Waals surface area contributed by atoms with Crippen molar-refractivity contribution >= 4 is 39.8 Å². The minimum atomic E-state index is -5.02. The molecule has 4 aromatic rings. The average molecular weight is 634 g/mol. The van der Waals surface area contributed by atoms with Gasteiger partial charge in [0.25, 0.3) is 5.91 Å². The summed E-state index contributed by atoms with van der Waals surface area (Å²) in [4.78, 5) is 22.4. The third-order valence-corrected chi connectivity index (χ3v) is 7.98. The molecule has 1 N–H and O–H groups in total. The number of fused-ring (bicyclic) bond motifs is 1. The Morgan fingerprint density at radius 3 is 2.43 bits per heavy atom. The summed E-state index contributed by atoms with van der Waals surface area (Å²) in [6.07, 6.45) is -6.41. The third kappa shape index (κ3) is 6.72. The molecule has 3 aromatic carbocycles. The first-order valence-electron chi connectivity index (χ1n) is 13.1. The molecule has 0 saturated heterocycles. The van der Waals surface area contributed by atoms with Crippen molar-refractivity contribution in [1.82, 2.24) is 9.88 Å². The molecule has 0 saturated carbocycles. The van der Waals surface area contributed by atoms with Crippen molar-refractivity contribution < 1.29 is 40.6 Å². The predicted molar refractivity (Wildman–Crippen MR) is 156 cm³/mol. The lowest BCUT2D eigenvalue weighted by Gasteiger charge is -2.17. The number of amides is 1. The van der Waals surface area contributed by atoms with Crippen molar-refractivity contribution in [2.24, 2.45) is 4.99 Å². The maximum absolute atomic E-state index is 13.5. The number of carbonyl (C=O) groups excluding carboxylic acids is 1. The quantitative estimate of drug-likeness (QED) is 0.164. The molecule has 230 valence electrons. The number of hydrogen-bond donors (Lipinski definition) is 1. The maximum atomic E-state index is 13.5. The molecule has 1 amide bonds. The smallest absolute Gasteiger partial charge is 0.416 e. The highest BCUT2D eigenvalue weighted by Gasteiger charge is 2.38. The molecule has 0 radical (unpaired) electrons. The van der Waals surface area contributed by atoms with E-state index in [1.54, 1.807) is 12.1 Å². The van der Waals surface area contributed by atoms with E-state index in [1.807, 2.05) is 37.2 Å². The monoisotopic (exact) mass is 633 g/mol. The molecule has 0 unspecified atom stereocenters. The van der Waals surface area contributed by atoms with Crippen molar-refractivity contribution in [1.29, 1.82) is 0 Å². The van der Waals surface area contributed by atoms with Gasteiger partial charge >= 0.3 is 12.4 Å². The van der Waals surface area contributed by atoms with Crippen LogP contribution in [0, 0.1) is 6.92 Å². The largest absolute Gasteiger partial charge is 0.493 e. The van der Waals surface area contributed by atoms with Crippen molar-refractivity contribution in [3.05, 3.63) is 99.1 Å². The van der Waals surface area contributed by atoms with E-state index in [0.717, 1.165) is 28.1 Å². The van der Waals surface area contributed by atoms with Crippen LogP contribution >= 0.6 is 11.8 Å². The molecule has 5 rings (SSSR count). The van der Waals surface area contributed by atoms with E-state index >= 15 is 0 Å². The van der Waals surface area contributed by atoms with Gasteiger partial charge in [-0.3, -0.25) is 4.79 Å². The number of carbonyl (C=O) groups is 1. The average Bonchev–Trinajstić information content (AvgIpc) is 3.53. The summed E-state index contributed by atoms with van der Waals surface area (Å²) in [5, 5.41) is 1.61. The molecule has 0 bridgehead atoms. The number of halogens is 6. The first-order chi connectivity index (χ1) is 20.7. The lowest BCUT2D eigenvalue weighted by atomic mass is 10.0. The van der Waals surface area contributed by atoms with E-state index in [9.17, 15) is 31.1 Å². The van der Waals surface area contributed by atoms with Crippen molar-refractivity contribution in [2.45, 2.75) is 32.4 Å². The van der Waals surface area contributed by atoms with Gasteiger partial charge in [-0.05, 0) is 72.3 Å². The molecular formula is C31H25F6N3O3S. The van der Waals surface area contributed by atoms with E-state index in [1.165, 1.54) is 31.0 Å². The zero-order valence-corrected chi connectivity index (χ0v) is 24.4. The van der Waals surface area contributed by atoms with Crippen LogP contribution < -0.4 is 9.47 Å². The number of aromatic amines is 1. The number of alkyl halides is 6. The molecule has 44 heavy (non-hydrogen) atoms. The molecule has 1 aliphatic heterocycles. The number of hydrogen-bond acceptors (Lipinski definition) is 5. The van der Waals surface area contributed by atoms with Crippen molar-refractivity contribution in [3.8, 4) is 11.5 Å². The van der Waals surface area contributed by atoms with Gasteiger partial charge in [-0.15, -0.1) is 0 Å². The highest BCUT2D eigenvalue weighted by molar-refractivity contribution is 8.18. The molecule has 0 aliphatic carbocycles. The molecular weight excluding hydrogens is 608 g/mol. The Labute approximate surface area is 252 Å². The Kier molecular flexibility index (Phi) is 8.43. The number of aryl methyl sites for hydroxylation is 1. The number of amidine groups is 1. The van der Waals surface area contributed by atoms with E-state index < -0.39 is 41.6 Å². The number of nitrogens with zero attached hydrogens (tertiary/aromatic N) is 2. The Hall–Kier alpha value is -4.39. The van der Waals surface area contributed by atoms with Gasteiger partial charge in [-0.1, -0.05) is 23.8 Å². The van der Waals surface area contributed by atoms with Crippen molar-refractivity contribution in [3.63, 3.8) is 0 Å². The van der Waals surface area contributed by atoms with E-state index in [4.69, 9.17) is 9.47 Å². The third-order valence-electron chi connectivity index (χ3n) is 6.88. The standard InChI is InChI=1S/C31H25F6N3O3S/c1-17-4-8-24-22(10-17)20(14-38-24)15-40(2)29-39-28(41)27(44-29)12-18-5-9-25(26(11-18)42-3)43-16-19-6-7-21(30(32,33)34)13-23(19)31(35,36)37/h4-14,38H,15-16H2,1-3H3/b27-12+. The second-order valence-corrected chi connectivity index (χ2v) is 11.1. The van der Waals surface area contributed by atoms with Gasteiger partial charge < -0.3 is 19.4 Å². The number of H-pyrrole nitrogens is 1. The van der Waals surface area contributed by atoms with Gasteiger partial charge in [0.1, 0.15) is 6.61 Å². The molecule has 0 spiro atoms. The van der Waals surface area contributed by atoms with Crippen LogP contribution in [-0.2, 0) is 30.3 Å². The second kappa shape index (κ2) is 11.9. The number of thioether (sulfide) groups is 1. The van der Waals surface area contributed by atoms with Crippen LogP contribution in [0.1, 0.15) is 33.4 Å². The normalized spacial score (nSPS) is 14.8. The Bertz CT molecular complexity index is 1790. The minimum Gasteiger partial charge on any atom is -0.493 e. The van der Waals surface area contributed by atoms with Gasteiger partial charge in [0.2, 0.25) is 0 Å². The van der Waals surface area contributed by atoms with Crippen molar-refractivity contribution in [2.75, 3.05) is 14.2 Å². The number of nitrogens with one attached hydrogen (secondary N) is 1. The zero-order chi connectivity index (χ0) is 31.8. The van der Waals surface area contributed by atoms with Crippen LogP contribution in [0.25, 0.3) is 17.0 Å². The maximum Gasteiger partial charge on any atom is 0.416 e. The first-order valence-corrected chi connectivity index (χ1v) is 13.9. The fraction of sp³-hybridized carbons (Fsp3) is 0.226. The van der Waals surface area contributed by atoms with Crippen LogP contribution in [0.15, 0.2) is 70.7 Å². The fourth-order valence-electron chi connectivity index (χ4n) is 4.65. The zero-order valence-electron chi connectivity index (χ0n) is 23.6. The van der Waals surface area contributed by atoms with Crippen LogP contribution in [0.4, 0.5) is 26.3 Å². The van der Waals surface area contributed by atoms with E-state index in [2.05, 4.69) is 16.0 Å². The van der Waals surface area contributed by atoms with Gasteiger partial charge in [-0.25, -0.2) is 0 Å². The topological polar surface area (TPSA) is 66.9 Å². The van der Waals surface area contributed by atoms with Gasteiger partial charge in [-0.2, -0.15) is 31.3 Å². The minimum absolute atomic E-state index is 0.0661. The number of aromatic nitrogens is 1. The molecule has 1 aromatic heterocycles. The number of ether oxygens (including phenoxy) is 2. The summed E-state index contributed by atoms with van der Waals surface area (Å²) in [6, 6.07) is 12.1. The van der Waals surface area contributed by atoms with Crippen LogP contribution in [0.2, 0.25) is 0 Å². The van der Waals surface area contributed by atoms with Gasteiger partial charge in [0.05, 0.1) is 23.1 Å². The van der Waals surface area contributed by atoms with E-state index in [0.29, 0.717) is 28.2 Å². The fourth-order valence-corrected chi connectivity index (χ4v) is 5.52. The second-order valence-electron chi connectivity index (χ2n) is 10.1. The summed E-state index contributed by atoms with van der Waals surface area (Å²) in [5.74, 6) is -0.199. The molecule has 2 heterocycles. The summed E-state index contributed by atoms with van der Waals surface area (Å²) < 4.78 is 90.4. The number of rotatable bonds is 7. The molecule has 13 heteroatoms. The SMILES string of the molecule is COc1cc(/C=C2/SC(N(C)Cc3c[nH]c4ccc(C)cc34)=NC2=O)ccc1OCc1ccc(C(F)(F)F)cc1C(F)(F)F. The van der Waals surface area contributed by atoms with Crippen LogP contribution in [0.3, 0.4) is 0 Å². The summed E-state index contributed by atoms with van der Waals surface area (Å²) in [5.41, 5.74) is 0.423. The molecule has 0 atom stereocenters. The molecule has 1 aliphatic rings. The molecule has 6 nitrogen and oxygen atoms in total. The first kappa shape index (κ1) is 31.0. The highest BCUT2D eigenvalue weighted by Crippen LogP contribution is 2.39. The Morgan fingerprint density at radius 1 is 0.955 bits per heavy atom. The predicted octanol–water partition coefficient (Wildman–Crippen LogP) is 8.20. The van der Waals surface area contributed by atoms with Crippen LogP contribution in [0.5, 0.6) is 11.5 Å². The highest BCUT2D eigenvalue weighted by atomic mass is 32.2. The van der Waals surface area contributed by atoms with Gasteiger partial charge in [0.15, 0.2) is 16.7 Å². The summed E-state index contributed by atoms with van der Waals surface area (Å²) in [6.45, 7) is 1.88. The Morgan fingerprint density at radius 2 is 1.73 bits per heavy atom. The lowest BCUT2D eigenvalue weighted by molar-refractivity contribution is -0.143. The number of benzene rings is 3. The van der Waals surface area contributed by atoms with Gasteiger partial charge in [0, 0.05) is 36.3 Å². The Balaban J connectivity index is 1.29. The van der Waals surface area contributed by atoms with Crippen LogP contribution in [-0.4, -0.2) is 35.1 Å². The summed E-state index contributed by atoms with van der Waals surface area (Å²) >= 11 is 1.20. The number of aliphatic imine (C=N–C) groups is 1.